The maximum atomic E-state index is 12.7. The monoisotopic (exact) mass is 393 g/mol. The summed E-state index contributed by atoms with van der Waals surface area (Å²) in [6.45, 7) is 4.87. The van der Waals surface area contributed by atoms with Crippen molar-refractivity contribution < 1.29 is 14.3 Å². The van der Waals surface area contributed by atoms with Crippen molar-refractivity contribution in [3.8, 4) is 22.6 Å². The Morgan fingerprint density at radius 3 is 2.45 bits per heavy atom. The molecule has 3 aromatic rings. The Kier molecular flexibility index (Phi) is 6.57. The highest BCUT2D eigenvalue weighted by Crippen LogP contribution is 2.33. The number of amides is 1. The number of methoxy groups -OCH3 is 1. The van der Waals surface area contributed by atoms with Crippen molar-refractivity contribution in [1.82, 2.24) is 9.88 Å². The van der Waals surface area contributed by atoms with Gasteiger partial charge in [0, 0.05) is 31.1 Å². The van der Waals surface area contributed by atoms with Crippen LogP contribution in [0.1, 0.15) is 24.2 Å². The van der Waals surface area contributed by atoms with Gasteiger partial charge in [-0.15, -0.1) is 0 Å². The summed E-state index contributed by atoms with van der Waals surface area (Å²) in [5, 5.41) is 2.86. The molecule has 1 amide bonds. The molecule has 3 N–H and O–H groups in total. The average molecular weight is 393 g/mol. The Morgan fingerprint density at radius 1 is 1.14 bits per heavy atom. The van der Waals surface area contributed by atoms with E-state index in [4.69, 9.17) is 15.2 Å². The lowest BCUT2D eigenvalue weighted by atomic mass is 10.0. The molecule has 0 saturated heterocycles. The van der Waals surface area contributed by atoms with E-state index < -0.39 is 0 Å². The number of benzene rings is 2. The molecule has 29 heavy (non-hydrogen) atoms. The summed E-state index contributed by atoms with van der Waals surface area (Å²) in [6.07, 6.45) is 1.85. The number of nitrogens with one attached hydrogen (secondary N) is 1. The number of anilines is 1. The molecule has 6 heteroatoms. The number of ether oxygens (including phenoxy) is 2. The highest BCUT2D eigenvalue weighted by atomic mass is 16.5. The smallest absolute Gasteiger partial charge is 0.255 e. The molecule has 0 aliphatic heterocycles. The van der Waals surface area contributed by atoms with Crippen LogP contribution < -0.4 is 15.8 Å². The van der Waals surface area contributed by atoms with Crippen molar-refractivity contribution in [3.05, 3.63) is 66.4 Å². The van der Waals surface area contributed by atoms with Crippen LogP contribution in [0.25, 0.3) is 16.8 Å². The minimum Gasteiger partial charge on any atom is -0.488 e. The number of rotatable bonds is 8. The Hall–Kier alpha value is -3.25. The molecule has 2 aromatic carbocycles. The quantitative estimate of drug-likeness (QED) is 0.609. The summed E-state index contributed by atoms with van der Waals surface area (Å²) in [4.78, 5) is 12.7. The maximum Gasteiger partial charge on any atom is 0.255 e. The third-order valence-electron chi connectivity index (χ3n) is 4.55. The Bertz CT molecular complexity index is 950. The molecule has 0 unspecified atom stereocenters. The van der Waals surface area contributed by atoms with Gasteiger partial charge < -0.3 is 25.1 Å². The highest BCUT2D eigenvalue weighted by Gasteiger charge is 2.21. The zero-order chi connectivity index (χ0) is 20.8. The fraction of sp³-hybridized carbons (Fsp3) is 0.261. The second-order valence-electron chi connectivity index (χ2n) is 6.78. The van der Waals surface area contributed by atoms with Gasteiger partial charge in [0.2, 0.25) is 0 Å². The Balaban J connectivity index is 2.00. The van der Waals surface area contributed by atoms with E-state index >= 15 is 0 Å². The Labute approximate surface area is 171 Å². The van der Waals surface area contributed by atoms with E-state index in [9.17, 15) is 4.79 Å². The van der Waals surface area contributed by atoms with E-state index in [1.807, 2.05) is 79.2 Å². The molecule has 3 rings (SSSR count). The molecule has 0 saturated carbocycles. The first kappa shape index (κ1) is 20.5. The molecular formula is C23H27N3O3. The van der Waals surface area contributed by atoms with Gasteiger partial charge in [0.15, 0.2) is 0 Å². The first-order chi connectivity index (χ1) is 14.0. The fourth-order valence-electron chi connectivity index (χ4n) is 3.24. The number of hydrogen-bond donors (Lipinski definition) is 2. The second kappa shape index (κ2) is 9.30. The standard InChI is InChI=1S/C23H27N3O3/c1-4-25-23(27)21-20(14-26(22(21)24)18-8-6-5-7-9-18)17-10-12-19(13-11-17)29-16(2)15-28-3/h5-14,16H,4,15,24H2,1-3H3,(H,25,27)/t16-/m0/s1. The number of hydrogen-bond acceptors (Lipinski definition) is 4. The van der Waals surface area contributed by atoms with Crippen LogP contribution in [-0.4, -0.2) is 36.8 Å². The van der Waals surface area contributed by atoms with Crippen LogP contribution >= 0.6 is 0 Å². The molecule has 0 fully saturated rings. The van der Waals surface area contributed by atoms with Crippen molar-refractivity contribution in [2.45, 2.75) is 20.0 Å². The molecule has 0 bridgehead atoms. The Morgan fingerprint density at radius 2 is 1.83 bits per heavy atom. The summed E-state index contributed by atoms with van der Waals surface area (Å²) >= 11 is 0. The summed E-state index contributed by atoms with van der Waals surface area (Å²) < 4.78 is 12.8. The minimum atomic E-state index is -0.191. The number of para-hydroxylation sites is 1. The van der Waals surface area contributed by atoms with Crippen molar-refractivity contribution >= 4 is 11.7 Å². The third-order valence-corrected chi connectivity index (χ3v) is 4.55. The van der Waals surface area contributed by atoms with Crippen LogP contribution in [0.2, 0.25) is 0 Å². The number of nitrogen functional groups attached to an aromatic ring is 1. The first-order valence-corrected chi connectivity index (χ1v) is 9.65. The topological polar surface area (TPSA) is 78.5 Å². The van der Waals surface area contributed by atoms with Gasteiger partial charge in [0.1, 0.15) is 17.7 Å². The SMILES string of the molecule is CCNC(=O)c1c(-c2ccc(O[C@@H](C)COC)cc2)cn(-c2ccccc2)c1N. The molecule has 0 aliphatic carbocycles. The number of nitrogens with two attached hydrogens (primary N) is 1. The lowest BCUT2D eigenvalue weighted by Crippen LogP contribution is -2.24. The molecule has 0 radical (unpaired) electrons. The van der Waals surface area contributed by atoms with E-state index in [0.717, 1.165) is 22.6 Å². The molecular weight excluding hydrogens is 366 g/mol. The summed E-state index contributed by atoms with van der Waals surface area (Å²) in [5.74, 6) is 0.961. The van der Waals surface area contributed by atoms with Gasteiger partial charge in [-0.05, 0) is 43.7 Å². The predicted molar refractivity (Wildman–Crippen MR) is 116 cm³/mol. The average Bonchev–Trinajstić information content (AvgIpc) is 3.07. The van der Waals surface area contributed by atoms with E-state index in [2.05, 4.69) is 5.32 Å². The summed E-state index contributed by atoms with van der Waals surface area (Å²) in [6, 6.07) is 17.4. The normalized spacial score (nSPS) is 11.8. The van der Waals surface area contributed by atoms with E-state index in [1.165, 1.54) is 0 Å². The van der Waals surface area contributed by atoms with Crippen LogP contribution in [0, 0.1) is 0 Å². The van der Waals surface area contributed by atoms with Gasteiger partial charge >= 0.3 is 0 Å². The van der Waals surface area contributed by atoms with Crippen LogP contribution in [0.3, 0.4) is 0 Å². The minimum absolute atomic E-state index is 0.0495. The van der Waals surface area contributed by atoms with Gasteiger partial charge in [-0.3, -0.25) is 4.79 Å². The molecule has 1 atom stereocenters. The molecule has 6 nitrogen and oxygen atoms in total. The van der Waals surface area contributed by atoms with Crippen LogP contribution in [0.5, 0.6) is 5.75 Å². The molecule has 0 aliphatic rings. The zero-order valence-electron chi connectivity index (χ0n) is 17.0. The third kappa shape index (κ3) is 4.60. The maximum absolute atomic E-state index is 12.7. The molecule has 0 spiro atoms. The van der Waals surface area contributed by atoms with Gasteiger partial charge in [0.25, 0.3) is 5.91 Å². The van der Waals surface area contributed by atoms with Crippen molar-refractivity contribution in [2.24, 2.45) is 0 Å². The van der Waals surface area contributed by atoms with Gasteiger partial charge in [-0.25, -0.2) is 0 Å². The number of carbonyl (C=O) groups is 1. The van der Waals surface area contributed by atoms with Crippen LogP contribution in [-0.2, 0) is 4.74 Å². The molecule has 1 aromatic heterocycles. The number of aromatic nitrogens is 1. The van der Waals surface area contributed by atoms with E-state index in [-0.39, 0.29) is 12.0 Å². The lowest BCUT2D eigenvalue weighted by molar-refractivity contribution is 0.0921. The van der Waals surface area contributed by atoms with Gasteiger partial charge in [-0.2, -0.15) is 0 Å². The largest absolute Gasteiger partial charge is 0.488 e. The lowest BCUT2D eigenvalue weighted by Gasteiger charge is -2.14. The summed E-state index contributed by atoms with van der Waals surface area (Å²) in [7, 11) is 1.65. The zero-order valence-corrected chi connectivity index (χ0v) is 17.0. The van der Waals surface area contributed by atoms with E-state index in [1.54, 1.807) is 7.11 Å². The van der Waals surface area contributed by atoms with Crippen LogP contribution in [0.15, 0.2) is 60.8 Å². The highest BCUT2D eigenvalue weighted by molar-refractivity contribution is 6.05. The van der Waals surface area contributed by atoms with Crippen molar-refractivity contribution in [2.75, 3.05) is 26.0 Å². The second-order valence-corrected chi connectivity index (χ2v) is 6.78. The number of nitrogens with zero attached hydrogens (tertiary/aromatic N) is 1. The fourth-order valence-corrected chi connectivity index (χ4v) is 3.24. The summed E-state index contributed by atoms with van der Waals surface area (Å²) in [5.41, 5.74) is 9.43. The van der Waals surface area contributed by atoms with Gasteiger partial charge in [0.05, 0.1) is 12.2 Å². The van der Waals surface area contributed by atoms with E-state index in [0.29, 0.717) is 24.5 Å². The van der Waals surface area contributed by atoms with Crippen molar-refractivity contribution in [3.63, 3.8) is 0 Å². The molecule has 152 valence electrons. The van der Waals surface area contributed by atoms with Crippen LogP contribution in [0.4, 0.5) is 5.82 Å². The number of carbonyl (C=O) groups excluding carboxylic acids is 1. The predicted octanol–water partition coefficient (Wildman–Crippen LogP) is 3.89. The first-order valence-electron chi connectivity index (χ1n) is 9.65. The van der Waals surface area contributed by atoms with Gasteiger partial charge in [-0.1, -0.05) is 30.3 Å². The van der Waals surface area contributed by atoms with Crippen molar-refractivity contribution in [1.29, 1.82) is 0 Å². The molecule has 1 heterocycles.